The number of allylic oxidation sites excluding steroid dienone is 1. The second-order valence-electron chi connectivity index (χ2n) is 16.2. The van der Waals surface area contributed by atoms with Gasteiger partial charge in [-0.05, 0) is 117 Å². The first-order valence-corrected chi connectivity index (χ1v) is 20.1. The van der Waals surface area contributed by atoms with Crippen molar-refractivity contribution in [3.63, 3.8) is 0 Å². The molecule has 0 aromatic rings. The summed E-state index contributed by atoms with van der Waals surface area (Å²) in [6.45, 7) is 12.9. The zero-order valence-corrected chi connectivity index (χ0v) is 30.8. The number of nitrogens with one attached hydrogen (secondary N) is 2. The SMILES string of the molecule is [2H]CCCN[C@@H](CCC(=O)NCCOP(=O)(O)O[C@H]1CC[C@@]2(C)C(=CC[C@H]3[C@@H]4CC[C@H]([C@H](C)CCCC(C)C)[C@@]4(C)CC[C@@H]32)C1)C(N)=O. The molecule has 4 aliphatic rings. The standard InChI is InChI=1S/C37H66N3O6P/c1-7-21-39-33(35(38)42)15-16-34(41)40-22-23-45-47(43,44)46-28-17-19-36(5)27(24-28)11-12-29-31-14-13-30(26(4)10-8-9-25(2)3)37(31,6)20-18-32(29)36/h11,25-26,28-33,39H,7-10,12-24H2,1-6H3,(H2,38,42)(H,40,41)(H,43,44)/t26-,28+,29+,30-,31+,32+,33+,36+,37-/m1/s1/i1D. The van der Waals surface area contributed by atoms with E-state index in [9.17, 15) is 19.0 Å². The lowest BCUT2D eigenvalue weighted by molar-refractivity contribution is -0.122. The molecule has 0 saturated heterocycles. The molecule has 4 aliphatic carbocycles. The fourth-order valence-electron chi connectivity index (χ4n) is 10.3. The molecule has 4 rings (SSSR count). The van der Waals surface area contributed by atoms with Crippen LogP contribution in [0.4, 0.5) is 0 Å². The molecule has 10 atom stereocenters. The van der Waals surface area contributed by atoms with Crippen LogP contribution in [0.3, 0.4) is 0 Å². The Morgan fingerprint density at radius 3 is 2.62 bits per heavy atom. The lowest BCUT2D eigenvalue weighted by atomic mass is 9.47. The zero-order valence-electron chi connectivity index (χ0n) is 30.9. The molecule has 9 nitrogen and oxygen atoms in total. The van der Waals surface area contributed by atoms with E-state index in [1.54, 1.807) is 0 Å². The average molecular weight is 681 g/mol. The van der Waals surface area contributed by atoms with E-state index in [2.05, 4.69) is 51.3 Å². The zero-order chi connectivity index (χ0) is 35.1. The third-order valence-electron chi connectivity index (χ3n) is 12.8. The van der Waals surface area contributed by atoms with E-state index >= 15 is 0 Å². The predicted molar refractivity (Wildman–Crippen MR) is 187 cm³/mol. The number of amides is 2. The highest BCUT2D eigenvalue weighted by Crippen LogP contribution is 2.67. The van der Waals surface area contributed by atoms with Gasteiger partial charge in [0.05, 0.1) is 18.8 Å². The summed E-state index contributed by atoms with van der Waals surface area (Å²) in [5.41, 5.74) is 7.38. The molecule has 0 heterocycles. The third-order valence-corrected chi connectivity index (χ3v) is 13.9. The maximum atomic E-state index is 12.9. The highest BCUT2D eigenvalue weighted by Gasteiger charge is 2.59. The molecule has 2 amide bonds. The molecule has 3 fully saturated rings. The van der Waals surface area contributed by atoms with Crippen molar-refractivity contribution < 1.29 is 29.5 Å². The number of phosphoric ester groups is 1. The highest BCUT2D eigenvalue weighted by molar-refractivity contribution is 7.47. The quantitative estimate of drug-likeness (QED) is 0.0678. The van der Waals surface area contributed by atoms with Gasteiger partial charge in [-0.25, -0.2) is 4.57 Å². The molecule has 0 aromatic heterocycles. The summed E-state index contributed by atoms with van der Waals surface area (Å²) in [7, 11) is -4.30. The van der Waals surface area contributed by atoms with E-state index in [0.717, 1.165) is 48.9 Å². The molecule has 270 valence electrons. The van der Waals surface area contributed by atoms with Crippen LogP contribution in [0.5, 0.6) is 0 Å². The van der Waals surface area contributed by atoms with Crippen LogP contribution < -0.4 is 16.4 Å². The Kier molecular flexibility index (Phi) is 13.1. The Morgan fingerprint density at radius 2 is 1.89 bits per heavy atom. The number of nitrogens with two attached hydrogens (primary N) is 1. The minimum Gasteiger partial charge on any atom is -0.368 e. The molecular weight excluding hydrogens is 613 g/mol. The molecule has 0 radical (unpaired) electrons. The number of fused-ring (bicyclic) bond motifs is 5. The fourth-order valence-corrected chi connectivity index (χ4v) is 11.2. The second kappa shape index (κ2) is 16.6. The summed E-state index contributed by atoms with van der Waals surface area (Å²) >= 11 is 0. The maximum absolute atomic E-state index is 12.9. The van der Waals surface area contributed by atoms with Crippen molar-refractivity contribution in [2.24, 2.45) is 52.1 Å². The third kappa shape index (κ3) is 9.51. The summed E-state index contributed by atoms with van der Waals surface area (Å²) in [5, 5.41) is 5.63. The molecular formula is C37H66N3O6P. The summed E-state index contributed by atoms with van der Waals surface area (Å²) < 4.78 is 31.0. The highest BCUT2D eigenvalue weighted by atomic mass is 31.2. The Balaban J connectivity index is 1.23. The predicted octanol–water partition coefficient (Wildman–Crippen LogP) is 7.28. The van der Waals surface area contributed by atoms with Crippen molar-refractivity contribution in [1.82, 2.24) is 10.6 Å². The van der Waals surface area contributed by atoms with Gasteiger partial charge in [-0.15, -0.1) is 0 Å². The van der Waals surface area contributed by atoms with Gasteiger partial charge < -0.3 is 21.3 Å². The van der Waals surface area contributed by atoms with Crippen molar-refractivity contribution in [3.8, 4) is 0 Å². The van der Waals surface area contributed by atoms with Crippen LogP contribution in [0.15, 0.2) is 11.6 Å². The summed E-state index contributed by atoms with van der Waals surface area (Å²) in [6.07, 6.45) is 15.9. The molecule has 47 heavy (non-hydrogen) atoms. The Hall–Kier alpha value is -1.25. The summed E-state index contributed by atoms with van der Waals surface area (Å²) in [4.78, 5) is 34.4. The van der Waals surface area contributed by atoms with Gasteiger partial charge >= 0.3 is 7.82 Å². The number of rotatable bonds is 18. The molecule has 3 saturated carbocycles. The topological polar surface area (TPSA) is 140 Å². The van der Waals surface area contributed by atoms with Gasteiger partial charge in [0.1, 0.15) is 0 Å². The van der Waals surface area contributed by atoms with Gasteiger partial charge in [-0.3, -0.25) is 18.6 Å². The normalized spacial score (nSPS) is 34.7. The molecule has 0 spiro atoms. The monoisotopic (exact) mass is 680 g/mol. The van der Waals surface area contributed by atoms with Crippen LogP contribution >= 0.6 is 7.82 Å². The van der Waals surface area contributed by atoms with Crippen LogP contribution in [-0.2, 0) is 23.2 Å². The van der Waals surface area contributed by atoms with Crippen molar-refractivity contribution in [2.45, 2.75) is 144 Å². The number of hydrogen-bond acceptors (Lipinski definition) is 6. The van der Waals surface area contributed by atoms with Crippen LogP contribution in [0.25, 0.3) is 0 Å². The fraction of sp³-hybridized carbons (Fsp3) is 0.892. The van der Waals surface area contributed by atoms with Gasteiger partial charge in [-0.1, -0.05) is 72.4 Å². The largest absolute Gasteiger partial charge is 0.472 e. The van der Waals surface area contributed by atoms with Crippen LogP contribution in [0.2, 0.25) is 0 Å². The van der Waals surface area contributed by atoms with E-state index in [4.69, 9.17) is 16.2 Å². The average Bonchev–Trinajstić information content (AvgIpc) is 3.38. The van der Waals surface area contributed by atoms with Crippen molar-refractivity contribution in [2.75, 3.05) is 19.7 Å². The second-order valence-corrected chi connectivity index (χ2v) is 17.6. The van der Waals surface area contributed by atoms with E-state index in [1.165, 1.54) is 50.5 Å². The molecule has 0 aromatic carbocycles. The van der Waals surface area contributed by atoms with Crippen molar-refractivity contribution in [1.29, 1.82) is 0 Å². The minimum absolute atomic E-state index is 0.0505. The first-order chi connectivity index (χ1) is 22.7. The van der Waals surface area contributed by atoms with E-state index in [0.29, 0.717) is 30.7 Å². The smallest absolute Gasteiger partial charge is 0.368 e. The lowest BCUT2D eigenvalue weighted by Gasteiger charge is -2.58. The summed E-state index contributed by atoms with van der Waals surface area (Å²) in [6, 6.07) is -0.640. The van der Waals surface area contributed by atoms with Gasteiger partial charge in [0.25, 0.3) is 0 Å². The lowest BCUT2D eigenvalue weighted by Crippen LogP contribution is -2.51. The Morgan fingerprint density at radius 1 is 1.11 bits per heavy atom. The molecule has 10 heteroatoms. The van der Waals surface area contributed by atoms with Crippen molar-refractivity contribution in [3.05, 3.63) is 11.6 Å². The van der Waals surface area contributed by atoms with Crippen LogP contribution in [-0.4, -0.2) is 48.5 Å². The van der Waals surface area contributed by atoms with Crippen LogP contribution in [0, 0.1) is 46.3 Å². The molecule has 0 bridgehead atoms. The van der Waals surface area contributed by atoms with Crippen molar-refractivity contribution >= 4 is 19.6 Å². The number of primary amides is 1. The first-order valence-electron chi connectivity index (χ1n) is 19.3. The molecule has 1 unspecified atom stereocenters. The van der Waals surface area contributed by atoms with E-state index in [1.807, 2.05) is 0 Å². The van der Waals surface area contributed by atoms with E-state index < -0.39 is 19.8 Å². The van der Waals surface area contributed by atoms with Gasteiger partial charge in [0.2, 0.25) is 11.8 Å². The number of carbonyl (C=O) groups excluding carboxylic acids is 2. The maximum Gasteiger partial charge on any atom is 0.472 e. The Bertz CT molecular complexity index is 1170. The molecule has 0 aliphatic heterocycles. The van der Waals surface area contributed by atoms with Gasteiger partial charge in [0.15, 0.2) is 0 Å². The summed E-state index contributed by atoms with van der Waals surface area (Å²) in [5.74, 6) is 3.78. The number of carbonyl (C=O) groups is 2. The Labute approximate surface area is 286 Å². The van der Waals surface area contributed by atoms with Gasteiger partial charge in [0, 0.05) is 14.3 Å². The number of phosphoric acid groups is 1. The van der Waals surface area contributed by atoms with Crippen LogP contribution in [0.1, 0.15) is 133 Å². The number of hydrogen-bond donors (Lipinski definition) is 4. The first kappa shape index (κ1) is 37.0. The molecule has 5 N–H and O–H groups in total. The van der Waals surface area contributed by atoms with E-state index in [-0.39, 0.29) is 50.3 Å². The van der Waals surface area contributed by atoms with Gasteiger partial charge in [-0.2, -0.15) is 0 Å². The minimum atomic E-state index is -4.30.